The molecule has 0 saturated carbocycles. The molecule has 0 unspecified atom stereocenters. The second-order valence-corrected chi connectivity index (χ2v) is 7.22. The SMILES string of the molecule is COc1cc(C=NN=C(N)SCc2ccccc2)ccc1Oc1ccc([N+](=O)[O-])cc1. The van der Waals surface area contributed by atoms with Gasteiger partial charge in [-0.3, -0.25) is 10.1 Å². The maximum absolute atomic E-state index is 10.8. The van der Waals surface area contributed by atoms with E-state index in [9.17, 15) is 10.1 Å². The molecule has 158 valence electrons. The number of nitrogens with two attached hydrogens (primary N) is 1. The molecule has 3 aromatic carbocycles. The Morgan fingerprint density at radius 2 is 1.84 bits per heavy atom. The van der Waals surface area contributed by atoms with Crippen LogP contribution in [0.3, 0.4) is 0 Å². The second kappa shape index (κ2) is 10.8. The fourth-order valence-corrected chi connectivity index (χ4v) is 3.14. The van der Waals surface area contributed by atoms with Gasteiger partial charge in [0.2, 0.25) is 0 Å². The molecular weight excluding hydrogens is 416 g/mol. The number of nitrogens with zero attached hydrogens (tertiary/aromatic N) is 3. The fourth-order valence-electron chi connectivity index (χ4n) is 2.52. The molecule has 31 heavy (non-hydrogen) atoms. The van der Waals surface area contributed by atoms with E-state index in [1.165, 1.54) is 43.1 Å². The van der Waals surface area contributed by atoms with Crippen LogP contribution in [0, 0.1) is 10.1 Å². The van der Waals surface area contributed by atoms with E-state index in [1.807, 2.05) is 30.3 Å². The summed E-state index contributed by atoms with van der Waals surface area (Å²) in [4.78, 5) is 10.3. The number of thioether (sulfide) groups is 1. The van der Waals surface area contributed by atoms with Crippen molar-refractivity contribution >= 4 is 28.8 Å². The van der Waals surface area contributed by atoms with E-state index < -0.39 is 4.92 Å². The van der Waals surface area contributed by atoms with Crippen LogP contribution >= 0.6 is 11.8 Å². The molecule has 0 aliphatic carbocycles. The molecule has 0 bridgehead atoms. The van der Waals surface area contributed by atoms with Crippen molar-refractivity contribution in [3.8, 4) is 17.2 Å². The Balaban J connectivity index is 1.62. The Morgan fingerprint density at radius 3 is 2.52 bits per heavy atom. The number of ether oxygens (including phenoxy) is 2. The number of amidine groups is 1. The molecule has 0 radical (unpaired) electrons. The maximum Gasteiger partial charge on any atom is 0.269 e. The average molecular weight is 436 g/mol. The Morgan fingerprint density at radius 1 is 1.10 bits per heavy atom. The van der Waals surface area contributed by atoms with Crippen LogP contribution in [-0.2, 0) is 5.75 Å². The van der Waals surface area contributed by atoms with Crippen molar-refractivity contribution in [2.45, 2.75) is 5.75 Å². The Hall–Kier alpha value is -3.85. The van der Waals surface area contributed by atoms with Gasteiger partial charge in [-0.1, -0.05) is 42.1 Å². The summed E-state index contributed by atoms with van der Waals surface area (Å²) < 4.78 is 11.1. The van der Waals surface area contributed by atoms with Gasteiger partial charge in [0.1, 0.15) is 5.75 Å². The fraction of sp³-hybridized carbons (Fsp3) is 0.0909. The van der Waals surface area contributed by atoms with Crippen LogP contribution in [0.1, 0.15) is 11.1 Å². The topological polar surface area (TPSA) is 112 Å². The second-order valence-electron chi connectivity index (χ2n) is 6.22. The summed E-state index contributed by atoms with van der Waals surface area (Å²) in [5, 5.41) is 19.1. The third kappa shape index (κ3) is 6.58. The molecule has 0 atom stereocenters. The van der Waals surface area contributed by atoms with Crippen molar-refractivity contribution in [2.75, 3.05) is 7.11 Å². The van der Waals surface area contributed by atoms with E-state index in [2.05, 4.69) is 10.2 Å². The van der Waals surface area contributed by atoms with Crippen LogP contribution in [0.2, 0.25) is 0 Å². The summed E-state index contributed by atoms with van der Waals surface area (Å²) in [7, 11) is 1.52. The van der Waals surface area contributed by atoms with Crippen LogP contribution in [0.25, 0.3) is 0 Å². The van der Waals surface area contributed by atoms with Gasteiger partial charge in [0.15, 0.2) is 16.7 Å². The van der Waals surface area contributed by atoms with E-state index in [1.54, 1.807) is 24.4 Å². The summed E-state index contributed by atoms with van der Waals surface area (Å²) in [5.74, 6) is 2.12. The first-order chi connectivity index (χ1) is 15.0. The first-order valence-corrected chi connectivity index (χ1v) is 10.2. The van der Waals surface area contributed by atoms with E-state index in [-0.39, 0.29) is 5.69 Å². The van der Waals surface area contributed by atoms with Gasteiger partial charge in [0.05, 0.1) is 18.2 Å². The highest BCUT2D eigenvalue weighted by Gasteiger charge is 2.09. The van der Waals surface area contributed by atoms with Gasteiger partial charge >= 0.3 is 0 Å². The zero-order chi connectivity index (χ0) is 22.1. The summed E-state index contributed by atoms with van der Waals surface area (Å²) in [5.41, 5.74) is 7.79. The molecule has 3 rings (SSSR count). The average Bonchev–Trinajstić information content (AvgIpc) is 2.79. The molecule has 8 nitrogen and oxygen atoms in total. The lowest BCUT2D eigenvalue weighted by molar-refractivity contribution is -0.384. The van der Waals surface area contributed by atoms with Crippen molar-refractivity contribution in [3.05, 3.63) is 94.0 Å². The smallest absolute Gasteiger partial charge is 0.269 e. The minimum absolute atomic E-state index is 0.00682. The van der Waals surface area contributed by atoms with Crippen molar-refractivity contribution in [2.24, 2.45) is 15.9 Å². The van der Waals surface area contributed by atoms with Crippen molar-refractivity contribution in [1.29, 1.82) is 0 Å². The number of non-ortho nitro benzene ring substituents is 1. The van der Waals surface area contributed by atoms with Gasteiger partial charge < -0.3 is 15.2 Å². The summed E-state index contributed by atoms with van der Waals surface area (Å²) >= 11 is 1.41. The third-order valence-electron chi connectivity index (χ3n) is 4.06. The highest BCUT2D eigenvalue weighted by Crippen LogP contribution is 2.32. The molecule has 0 aliphatic rings. The Labute approximate surface area is 183 Å². The molecular formula is C22H20N4O4S. The Bertz CT molecular complexity index is 1090. The molecule has 0 fully saturated rings. The minimum atomic E-state index is -0.464. The number of nitro benzene ring substituents is 1. The molecule has 0 heterocycles. The first-order valence-electron chi connectivity index (χ1n) is 9.18. The maximum atomic E-state index is 10.8. The number of nitro groups is 1. The number of rotatable bonds is 8. The summed E-state index contributed by atoms with van der Waals surface area (Å²) in [6.45, 7) is 0. The van der Waals surface area contributed by atoms with Gasteiger partial charge in [-0.05, 0) is 41.5 Å². The van der Waals surface area contributed by atoms with E-state index in [0.717, 1.165) is 11.1 Å². The number of hydrogen-bond acceptors (Lipinski definition) is 7. The molecule has 0 aliphatic heterocycles. The lowest BCUT2D eigenvalue weighted by Crippen LogP contribution is -2.06. The van der Waals surface area contributed by atoms with Crippen molar-refractivity contribution in [1.82, 2.24) is 0 Å². The molecule has 0 spiro atoms. The van der Waals surface area contributed by atoms with Gasteiger partial charge in [-0.2, -0.15) is 5.10 Å². The highest BCUT2D eigenvalue weighted by atomic mass is 32.2. The van der Waals surface area contributed by atoms with Gasteiger partial charge in [0, 0.05) is 17.9 Å². The van der Waals surface area contributed by atoms with E-state index >= 15 is 0 Å². The predicted octanol–water partition coefficient (Wildman–Crippen LogP) is 4.98. The number of hydrogen-bond donors (Lipinski definition) is 1. The number of benzene rings is 3. The van der Waals surface area contributed by atoms with Gasteiger partial charge in [0.25, 0.3) is 5.69 Å². The van der Waals surface area contributed by atoms with E-state index in [4.69, 9.17) is 15.2 Å². The van der Waals surface area contributed by atoms with Crippen LogP contribution in [-0.4, -0.2) is 23.4 Å². The first kappa shape index (κ1) is 21.8. The monoisotopic (exact) mass is 436 g/mol. The van der Waals surface area contributed by atoms with Crippen LogP contribution in [0.15, 0.2) is 83.0 Å². The zero-order valence-corrected chi connectivity index (χ0v) is 17.5. The number of methoxy groups -OCH3 is 1. The summed E-state index contributed by atoms with van der Waals surface area (Å²) in [6.07, 6.45) is 1.56. The van der Waals surface area contributed by atoms with Crippen molar-refractivity contribution in [3.63, 3.8) is 0 Å². The third-order valence-corrected chi connectivity index (χ3v) is 4.91. The van der Waals surface area contributed by atoms with Gasteiger partial charge in [-0.15, -0.1) is 5.10 Å². The Kier molecular flexibility index (Phi) is 7.61. The predicted molar refractivity (Wildman–Crippen MR) is 123 cm³/mol. The summed E-state index contributed by atoms with van der Waals surface area (Å²) in [6, 6.07) is 21.0. The van der Waals surface area contributed by atoms with Crippen LogP contribution < -0.4 is 15.2 Å². The largest absolute Gasteiger partial charge is 0.493 e. The zero-order valence-electron chi connectivity index (χ0n) is 16.7. The normalized spacial score (nSPS) is 11.5. The lowest BCUT2D eigenvalue weighted by Gasteiger charge is -2.10. The molecule has 0 aromatic heterocycles. The van der Waals surface area contributed by atoms with Crippen LogP contribution in [0.4, 0.5) is 5.69 Å². The highest BCUT2D eigenvalue weighted by molar-refractivity contribution is 8.13. The minimum Gasteiger partial charge on any atom is -0.493 e. The molecule has 0 amide bonds. The molecule has 3 aromatic rings. The lowest BCUT2D eigenvalue weighted by atomic mass is 10.2. The van der Waals surface area contributed by atoms with Crippen molar-refractivity contribution < 1.29 is 14.4 Å². The molecule has 9 heteroatoms. The molecule has 0 saturated heterocycles. The standard InChI is InChI=1S/C22H20N4O4S/c1-29-21-13-17(14-24-25-22(23)31-15-16-5-3-2-4-6-16)7-12-20(21)30-19-10-8-18(9-11-19)26(27)28/h2-14H,15H2,1H3,(H2,23,25). The quantitative estimate of drug-likeness (QED) is 0.231. The van der Waals surface area contributed by atoms with Gasteiger partial charge in [-0.25, -0.2) is 0 Å². The van der Waals surface area contributed by atoms with E-state index in [0.29, 0.717) is 28.2 Å². The van der Waals surface area contributed by atoms with Crippen LogP contribution in [0.5, 0.6) is 17.2 Å². The molecule has 2 N–H and O–H groups in total.